The topological polar surface area (TPSA) is 51.5 Å². The fraction of sp³-hybridized carbons (Fsp3) is 0.133. The number of para-hydroxylation sites is 1. The van der Waals surface area contributed by atoms with Crippen molar-refractivity contribution in [1.29, 1.82) is 0 Å². The normalized spacial score (nSPS) is 10.8. The number of hydrogen-bond acceptors (Lipinski definition) is 3. The molecular weight excluding hydrogens is 242 g/mol. The summed E-state index contributed by atoms with van der Waals surface area (Å²) in [4.78, 5) is 11.4. The predicted molar refractivity (Wildman–Crippen MR) is 74.4 cm³/mol. The lowest BCUT2D eigenvalue weighted by atomic mass is 10.1. The maximum atomic E-state index is 11.4. The third-order valence-electron chi connectivity index (χ3n) is 2.90. The number of anilines is 1. The molecule has 0 atom stereocenters. The molecule has 2 aromatic carbocycles. The number of carbonyl (C=O) groups is 1. The van der Waals surface area contributed by atoms with Crippen LogP contribution in [0.15, 0.2) is 46.9 Å². The molecule has 4 heteroatoms. The van der Waals surface area contributed by atoms with Gasteiger partial charge in [0.15, 0.2) is 0 Å². The molecule has 3 aromatic rings. The van der Waals surface area contributed by atoms with Crippen molar-refractivity contribution < 1.29 is 13.9 Å². The number of benzene rings is 2. The molecule has 1 aromatic heterocycles. The van der Waals surface area contributed by atoms with Crippen LogP contribution in [0.2, 0.25) is 0 Å². The number of hydrogen-bond donors (Lipinski definition) is 1. The smallest absolute Gasteiger partial charge is 0.411 e. The first-order chi connectivity index (χ1) is 9.28. The van der Waals surface area contributed by atoms with E-state index >= 15 is 0 Å². The fourth-order valence-corrected chi connectivity index (χ4v) is 2.09. The van der Waals surface area contributed by atoms with Crippen LogP contribution in [0, 0.1) is 0 Å². The number of amides is 1. The van der Waals surface area contributed by atoms with Crippen molar-refractivity contribution in [2.75, 3.05) is 11.9 Å². The number of furan rings is 1. The molecule has 0 spiro atoms. The second-order valence-corrected chi connectivity index (χ2v) is 4.15. The molecule has 4 nitrogen and oxygen atoms in total. The van der Waals surface area contributed by atoms with Crippen molar-refractivity contribution in [3.63, 3.8) is 0 Å². The van der Waals surface area contributed by atoms with Gasteiger partial charge in [0.2, 0.25) is 0 Å². The Balaban J connectivity index is 2.04. The first-order valence-electron chi connectivity index (χ1n) is 6.13. The van der Waals surface area contributed by atoms with Gasteiger partial charge >= 0.3 is 6.09 Å². The van der Waals surface area contributed by atoms with Gasteiger partial charge in [-0.15, -0.1) is 0 Å². The van der Waals surface area contributed by atoms with E-state index in [0.29, 0.717) is 12.3 Å². The van der Waals surface area contributed by atoms with Crippen molar-refractivity contribution in [1.82, 2.24) is 0 Å². The predicted octanol–water partition coefficient (Wildman–Crippen LogP) is 4.15. The lowest BCUT2D eigenvalue weighted by Crippen LogP contribution is -2.12. The molecule has 0 fully saturated rings. The highest BCUT2D eigenvalue weighted by atomic mass is 16.5. The molecule has 1 heterocycles. The zero-order chi connectivity index (χ0) is 13.2. The molecular formula is C15H13NO3. The summed E-state index contributed by atoms with van der Waals surface area (Å²) in [5, 5.41) is 4.70. The van der Waals surface area contributed by atoms with Crippen molar-refractivity contribution in [2.45, 2.75) is 6.92 Å². The van der Waals surface area contributed by atoms with Crippen LogP contribution in [-0.2, 0) is 4.74 Å². The van der Waals surface area contributed by atoms with Gasteiger partial charge in [0.05, 0.1) is 6.61 Å². The number of carbonyl (C=O) groups excluding carboxylic acids is 1. The van der Waals surface area contributed by atoms with Crippen LogP contribution in [0.1, 0.15) is 6.92 Å². The SMILES string of the molecule is CCOC(=O)Nc1ccc2oc3ccccc3c2c1. The van der Waals surface area contributed by atoms with E-state index in [1.165, 1.54) is 0 Å². The quantitative estimate of drug-likeness (QED) is 0.748. The third kappa shape index (κ3) is 2.12. The number of nitrogens with one attached hydrogen (secondary N) is 1. The molecule has 0 saturated heterocycles. The Morgan fingerprint density at radius 2 is 1.95 bits per heavy atom. The molecule has 1 N–H and O–H groups in total. The molecule has 0 aliphatic rings. The molecule has 96 valence electrons. The Bertz CT molecular complexity index is 745. The average Bonchev–Trinajstić information content (AvgIpc) is 2.77. The van der Waals surface area contributed by atoms with E-state index in [1.807, 2.05) is 36.4 Å². The van der Waals surface area contributed by atoms with Crippen molar-refractivity contribution >= 4 is 33.7 Å². The average molecular weight is 255 g/mol. The van der Waals surface area contributed by atoms with Crippen LogP contribution in [-0.4, -0.2) is 12.7 Å². The van der Waals surface area contributed by atoms with E-state index < -0.39 is 6.09 Å². The zero-order valence-electron chi connectivity index (χ0n) is 10.5. The van der Waals surface area contributed by atoms with E-state index in [4.69, 9.17) is 9.15 Å². The summed E-state index contributed by atoms with van der Waals surface area (Å²) in [6.07, 6.45) is -0.449. The van der Waals surface area contributed by atoms with E-state index in [-0.39, 0.29) is 0 Å². The minimum atomic E-state index is -0.449. The van der Waals surface area contributed by atoms with Gasteiger partial charge in [-0.2, -0.15) is 0 Å². The molecule has 0 bridgehead atoms. The molecule has 3 rings (SSSR count). The minimum Gasteiger partial charge on any atom is -0.456 e. The van der Waals surface area contributed by atoms with Crippen molar-refractivity contribution in [3.8, 4) is 0 Å². The lowest BCUT2D eigenvalue weighted by Gasteiger charge is -2.04. The van der Waals surface area contributed by atoms with Crippen molar-refractivity contribution in [3.05, 3.63) is 42.5 Å². The highest BCUT2D eigenvalue weighted by molar-refractivity contribution is 6.06. The first kappa shape index (κ1) is 11.6. The Kier molecular flexibility index (Phi) is 2.83. The number of rotatable bonds is 2. The van der Waals surface area contributed by atoms with Gasteiger partial charge in [0, 0.05) is 16.5 Å². The highest BCUT2D eigenvalue weighted by Crippen LogP contribution is 2.30. The van der Waals surface area contributed by atoms with Crippen LogP contribution >= 0.6 is 0 Å². The highest BCUT2D eigenvalue weighted by Gasteiger charge is 2.08. The largest absolute Gasteiger partial charge is 0.456 e. The zero-order valence-corrected chi connectivity index (χ0v) is 10.5. The molecule has 19 heavy (non-hydrogen) atoms. The van der Waals surface area contributed by atoms with E-state index in [1.54, 1.807) is 13.0 Å². The van der Waals surface area contributed by atoms with Crippen LogP contribution in [0.4, 0.5) is 10.5 Å². The van der Waals surface area contributed by atoms with Crippen LogP contribution in [0.25, 0.3) is 21.9 Å². The fourth-order valence-electron chi connectivity index (χ4n) is 2.09. The maximum absolute atomic E-state index is 11.4. The van der Waals surface area contributed by atoms with Crippen molar-refractivity contribution in [2.24, 2.45) is 0 Å². The van der Waals surface area contributed by atoms with E-state index in [9.17, 15) is 4.79 Å². The molecule has 0 unspecified atom stereocenters. The summed E-state index contributed by atoms with van der Waals surface area (Å²) in [6, 6.07) is 13.3. The lowest BCUT2D eigenvalue weighted by molar-refractivity contribution is 0.168. The van der Waals surface area contributed by atoms with Gasteiger partial charge in [-0.1, -0.05) is 18.2 Å². The Labute approximate surface area is 110 Å². The Hall–Kier alpha value is -2.49. The molecule has 0 radical (unpaired) electrons. The summed E-state index contributed by atoms with van der Waals surface area (Å²) in [7, 11) is 0. The maximum Gasteiger partial charge on any atom is 0.411 e. The van der Waals surface area contributed by atoms with Gasteiger partial charge in [0.25, 0.3) is 0 Å². The monoisotopic (exact) mass is 255 g/mol. The second-order valence-electron chi connectivity index (χ2n) is 4.15. The molecule has 0 aliphatic heterocycles. The number of fused-ring (bicyclic) bond motifs is 3. The first-order valence-corrected chi connectivity index (χ1v) is 6.13. The third-order valence-corrected chi connectivity index (χ3v) is 2.90. The van der Waals surface area contributed by atoms with Gasteiger partial charge < -0.3 is 9.15 Å². The molecule has 1 amide bonds. The van der Waals surface area contributed by atoms with E-state index in [0.717, 1.165) is 21.9 Å². The minimum absolute atomic E-state index is 0.350. The summed E-state index contributed by atoms with van der Waals surface area (Å²) < 4.78 is 10.6. The van der Waals surface area contributed by atoms with Crippen LogP contribution in [0.5, 0.6) is 0 Å². The van der Waals surface area contributed by atoms with Crippen LogP contribution in [0.3, 0.4) is 0 Å². The summed E-state index contributed by atoms with van der Waals surface area (Å²) in [6.45, 7) is 2.12. The van der Waals surface area contributed by atoms with Gasteiger partial charge in [-0.05, 0) is 31.2 Å². The molecule has 0 saturated carbocycles. The van der Waals surface area contributed by atoms with Crippen LogP contribution < -0.4 is 5.32 Å². The summed E-state index contributed by atoms with van der Waals surface area (Å²) >= 11 is 0. The van der Waals surface area contributed by atoms with Gasteiger partial charge in [-0.3, -0.25) is 5.32 Å². The summed E-state index contributed by atoms with van der Waals surface area (Å²) in [5.41, 5.74) is 2.33. The molecule has 0 aliphatic carbocycles. The standard InChI is InChI=1S/C15H13NO3/c1-2-18-15(17)16-10-7-8-14-12(9-10)11-5-3-4-6-13(11)19-14/h3-9H,2H2,1H3,(H,16,17). The second kappa shape index (κ2) is 4.65. The summed E-state index contributed by atoms with van der Waals surface area (Å²) in [5.74, 6) is 0. The number of ether oxygens (including phenoxy) is 1. The van der Waals surface area contributed by atoms with E-state index in [2.05, 4.69) is 5.32 Å². The van der Waals surface area contributed by atoms with Gasteiger partial charge in [0.1, 0.15) is 11.2 Å². The Morgan fingerprint density at radius 1 is 1.16 bits per heavy atom. The Morgan fingerprint density at radius 3 is 2.79 bits per heavy atom. The van der Waals surface area contributed by atoms with Gasteiger partial charge in [-0.25, -0.2) is 4.79 Å².